The van der Waals surface area contributed by atoms with E-state index < -0.39 is 0 Å². The number of hydrogen-bond donors (Lipinski definition) is 2. The number of fused-ring (bicyclic) bond motifs is 1. The Morgan fingerprint density at radius 3 is 2.65 bits per heavy atom. The zero-order valence-electron chi connectivity index (χ0n) is 17.2. The number of amides is 1. The van der Waals surface area contributed by atoms with Crippen molar-refractivity contribution in [2.24, 2.45) is 0 Å². The molecule has 0 radical (unpaired) electrons. The molecule has 0 unspecified atom stereocenters. The average molecular weight is 418 g/mol. The van der Waals surface area contributed by atoms with Crippen molar-refractivity contribution >= 4 is 17.2 Å². The van der Waals surface area contributed by atoms with Gasteiger partial charge in [0, 0.05) is 24.4 Å². The summed E-state index contributed by atoms with van der Waals surface area (Å²) in [7, 11) is 3.17. The van der Waals surface area contributed by atoms with Crippen molar-refractivity contribution in [3.05, 3.63) is 66.1 Å². The first-order valence-electron chi connectivity index (χ1n) is 9.64. The minimum Gasteiger partial charge on any atom is -0.497 e. The Balaban J connectivity index is 1.59. The lowest BCUT2D eigenvalue weighted by atomic mass is 10.1. The summed E-state index contributed by atoms with van der Waals surface area (Å²) in [6.07, 6.45) is 3.67. The molecule has 9 heteroatoms. The number of anilines is 1. The molecule has 0 spiro atoms. The highest BCUT2D eigenvalue weighted by Crippen LogP contribution is 2.29. The quantitative estimate of drug-likeness (QED) is 0.473. The summed E-state index contributed by atoms with van der Waals surface area (Å²) in [5.74, 6) is 1.23. The molecule has 0 fully saturated rings. The van der Waals surface area contributed by atoms with Gasteiger partial charge in [-0.1, -0.05) is 12.1 Å². The van der Waals surface area contributed by atoms with E-state index >= 15 is 0 Å². The molecule has 158 valence electrons. The first-order chi connectivity index (χ1) is 15.1. The van der Waals surface area contributed by atoms with Crippen LogP contribution in [0.3, 0.4) is 0 Å². The molecule has 1 amide bonds. The molecule has 3 aromatic heterocycles. The molecular weight excluding hydrogens is 396 g/mol. The minimum absolute atomic E-state index is 0.225. The van der Waals surface area contributed by atoms with E-state index in [0.717, 1.165) is 16.9 Å². The van der Waals surface area contributed by atoms with Gasteiger partial charge in [-0.3, -0.25) is 4.79 Å². The van der Waals surface area contributed by atoms with Crippen LogP contribution >= 0.6 is 0 Å². The first-order valence-corrected chi connectivity index (χ1v) is 9.64. The van der Waals surface area contributed by atoms with Crippen molar-refractivity contribution < 1.29 is 14.3 Å². The topological polar surface area (TPSA) is 117 Å². The van der Waals surface area contributed by atoms with Gasteiger partial charge in [-0.25, -0.2) is 14.5 Å². The molecule has 1 aromatic carbocycles. The smallest absolute Gasteiger partial charge is 0.253 e. The highest BCUT2D eigenvalue weighted by molar-refractivity contribution is 6.05. The lowest BCUT2D eigenvalue weighted by Gasteiger charge is -2.06. The minimum atomic E-state index is -0.250. The average Bonchev–Trinajstić information content (AvgIpc) is 3.21. The lowest BCUT2D eigenvalue weighted by Crippen LogP contribution is -2.25. The van der Waals surface area contributed by atoms with E-state index in [1.807, 2.05) is 30.3 Å². The summed E-state index contributed by atoms with van der Waals surface area (Å²) in [4.78, 5) is 21.2. The zero-order chi connectivity index (χ0) is 21.8. The summed E-state index contributed by atoms with van der Waals surface area (Å²) in [5, 5.41) is 7.24. The van der Waals surface area contributed by atoms with Gasteiger partial charge in [-0.15, -0.1) is 0 Å². The number of methoxy groups -OCH3 is 2. The Morgan fingerprint density at radius 1 is 1.10 bits per heavy atom. The molecule has 0 saturated heterocycles. The molecule has 3 heterocycles. The Kier molecular flexibility index (Phi) is 5.65. The molecule has 4 aromatic rings. The molecule has 0 saturated carbocycles. The van der Waals surface area contributed by atoms with Crippen LogP contribution in [0, 0.1) is 0 Å². The second-order valence-corrected chi connectivity index (χ2v) is 6.79. The number of nitrogens with zero attached hydrogens (tertiary/aromatic N) is 4. The first kappa shape index (κ1) is 20.1. The van der Waals surface area contributed by atoms with E-state index in [1.54, 1.807) is 37.1 Å². The summed E-state index contributed by atoms with van der Waals surface area (Å²) in [6, 6.07) is 13.1. The summed E-state index contributed by atoms with van der Waals surface area (Å²) < 4.78 is 12.0. The van der Waals surface area contributed by atoms with Gasteiger partial charge in [0.05, 0.1) is 25.5 Å². The summed E-state index contributed by atoms with van der Waals surface area (Å²) >= 11 is 0. The molecule has 9 nitrogen and oxygen atoms in total. The number of nitrogens with two attached hydrogens (primary N) is 1. The molecule has 0 aliphatic carbocycles. The van der Waals surface area contributed by atoms with Crippen LogP contribution in [0.1, 0.15) is 15.9 Å². The Labute approximate surface area is 178 Å². The fourth-order valence-electron chi connectivity index (χ4n) is 3.33. The van der Waals surface area contributed by atoms with Gasteiger partial charge in [0.15, 0.2) is 5.82 Å². The number of nitrogens with one attached hydrogen (secondary N) is 1. The second-order valence-electron chi connectivity index (χ2n) is 6.79. The molecule has 0 aliphatic heterocycles. The molecule has 3 N–H and O–H groups in total. The lowest BCUT2D eigenvalue weighted by molar-refractivity contribution is 0.0956. The number of carbonyl (C=O) groups excluding carboxylic acids is 1. The second kappa shape index (κ2) is 8.70. The van der Waals surface area contributed by atoms with Crippen molar-refractivity contribution in [1.82, 2.24) is 24.9 Å². The van der Waals surface area contributed by atoms with E-state index in [0.29, 0.717) is 35.6 Å². The van der Waals surface area contributed by atoms with Crippen LogP contribution < -0.4 is 20.5 Å². The van der Waals surface area contributed by atoms with Gasteiger partial charge in [0.25, 0.3) is 5.91 Å². The van der Waals surface area contributed by atoms with Crippen LogP contribution in [0.5, 0.6) is 11.6 Å². The van der Waals surface area contributed by atoms with Gasteiger partial charge in [0.1, 0.15) is 17.6 Å². The van der Waals surface area contributed by atoms with E-state index in [9.17, 15) is 4.79 Å². The van der Waals surface area contributed by atoms with Crippen LogP contribution in [-0.4, -0.2) is 46.3 Å². The normalized spacial score (nSPS) is 10.8. The number of rotatable bonds is 7. The van der Waals surface area contributed by atoms with Crippen molar-refractivity contribution in [2.45, 2.75) is 6.42 Å². The van der Waals surface area contributed by atoms with Gasteiger partial charge in [0.2, 0.25) is 5.88 Å². The Morgan fingerprint density at radius 2 is 1.90 bits per heavy atom. The van der Waals surface area contributed by atoms with Crippen molar-refractivity contribution in [3.8, 4) is 22.9 Å². The number of pyridine rings is 1. The van der Waals surface area contributed by atoms with Gasteiger partial charge in [-0.05, 0) is 36.2 Å². The van der Waals surface area contributed by atoms with E-state index in [1.165, 1.54) is 6.33 Å². The third kappa shape index (κ3) is 4.11. The monoisotopic (exact) mass is 418 g/mol. The molecule has 31 heavy (non-hydrogen) atoms. The highest BCUT2D eigenvalue weighted by atomic mass is 16.5. The molecular formula is C22H22N6O3. The van der Waals surface area contributed by atoms with Gasteiger partial charge < -0.3 is 20.5 Å². The predicted octanol–water partition coefficient (Wildman–Crippen LogP) is 2.36. The highest BCUT2D eigenvalue weighted by Gasteiger charge is 2.20. The largest absolute Gasteiger partial charge is 0.497 e. The van der Waals surface area contributed by atoms with Gasteiger partial charge >= 0.3 is 0 Å². The molecule has 0 bridgehead atoms. The van der Waals surface area contributed by atoms with Crippen LogP contribution in [-0.2, 0) is 6.42 Å². The van der Waals surface area contributed by atoms with E-state index in [2.05, 4.69) is 20.4 Å². The van der Waals surface area contributed by atoms with Crippen molar-refractivity contribution in [3.63, 3.8) is 0 Å². The standard InChI is InChI=1S/C22H22N6O3/c1-30-16-5-3-14(4-6-16)7-9-25-22(29)17-12-18(15-8-10-24-19(11-15)31-2)28-20(17)21(23)26-13-27-28/h3-6,8,10-13H,7,9H2,1-2H3,(H,25,29)(H2,23,26,27). The van der Waals surface area contributed by atoms with Crippen LogP contribution in [0.4, 0.5) is 5.82 Å². The van der Waals surface area contributed by atoms with Gasteiger partial charge in [-0.2, -0.15) is 5.10 Å². The fourth-order valence-corrected chi connectivity index (χ4v) is 3.33. The number of carbonyl (C=O) groups is 1. The summed E-state index contributed by atoms with van der Waals surface area (Å²) in [5.41, 5.74) is 9.51. The Hall–Kier alpha value is -4.14. The molecule has 0 atom stereocenters. The third-order valence-corrected chi connectivity index (χ3v) is 4.93. The number of ether oxygens (including phenoxy) is 2. The van der Waals surface area contributed by atoms with Crippen LogP contribution in [0.15, 0.2) is 55.0 Å². The number of hydrogen-bond acceptors (Lipinski definition) is 7. The molecule has 0 aliphatic rings. The van der Waals surface area contributed by atoms with Crippen molar-refractivity contribution in [1.29, 1.82) is 0 Å². The summed E-state index contributed by atoms with van der Waals surface area (Å²) in [6.45, 7) is 0.467. The van der Waals surface area contributed by atoms with E-state index in [-0.39, 0.29) is 11.7 Å². The molecule has 4 rings (SSSR count). The fraction of sp³-hybridized carbons (Fsp3) is 0.182. The third-order valence-electron chi connectivity index (χ3n) is 4.93. The van der Waals surface area contributed by atoms with Crippen LogP contribution in [0.25, 0.3) is 16.8 Å². The number of nitrogen functional groups attached to an aromatic ring is 1. The zero-order valence-corrected chi connectivity index (χ0v) is 17.2. The maximum absolute atomic E-state index is 13.0. The number of aromatic nitrogens is 4. The van der Waals surface area contributed by atoms with Crippen molar-refractivity contribution in [2.75, 3.05) is 26.5 Å². The number of benzene rings is 1. The Bertz CT molecular complexity index is 1220. The van der Waals surface area contributed by atoms with Crippen LogP contribution in [0.2, 0.25) is 0 Å². The SMILES string of the molecule is COc1ccc(CCNC(=O)c2cc(-c3ccnc(OC)c3)n3ncnc(N)c23)cc1. The maximum atomic E-state index is 13.0. The maximum Gasteiger partial charge on any atom is 0.253 e. The van der Waals surface area contributed by atoms with E-state index in [4.69, 9.17) is 15.2 Å². The predicted molar refractivity (Wildman–Crippen MR) is 116 cm³/mol.